The van der Waals surface area contributed by atoms with Crippen molar-refractivity contribution >= 4 is 34.8 Å². The van der Waals surface area contributed by atoms with Gasteiger partial charge >= 0.3 is 0 Å². The summed E-state index contributed by atoms with van der Waals surface area (Å²) in [5.74, 6) is 2.26. The Morgan fingerprint density at radius 1 is 1.03 bits per heavy atom. The van der Waals surface area contributed by atoms with Gasteiger partial charge in [0.25, 0.3) is 0 Å². The van der Waals surface area contributed by atoms with E-state index in [0.29, 0.717) is 23.8 Å². The van der Waals surface area contributed by atoms with Crippen LogP contribution in [0.25, 0.3) is 16.9 Å². The summed E-state index contributed by atoms with van der Waals surface area (Å²) in [7, 11) is 1.94. The summed E-state index contributed by atoms with van der Waals surface area (Å²) in [4.78, 5) is 18.4. The highest BCUT2D eigenvalue weighted by Crippen LogP contribution is 2.35. The topological polar surface area (TPSA) is 69.8 Å². The molecule has 3 aromatic heterocycles. The zero-order valence-electron chi connectivity index (χ0n) is 18.1. The molecule has 0 spiro atoms. The minimum atomic E-state index is -0.608. The predicted octanol–water partition coefficient (Wildman–Crippen LogP) is 4.56. The van der Waals surface area contributed by atoms with Gasteiger partial charge in [0.2, 0.25) is 5.95 Å². The van der Waals surface area contributed by atoms with Crippen LogP contribution in [-0.4, -0.2) is 50.2 Å². The molecule has 1 fully saturated rings. The number of benzene rings is 1. The van der Waals surface area contributed by atoms with Gasteiger partial charge in [0.15, 0.2) is 0 Å². The third-order valence-electron chi connectivity index (χ3n) is 6.01. The Kier molecular flexibility index (Phi) is 5.23. The van der Waals surface area contributed by atoms with Crippen molar-refractivity contribution < 1.29 is 5.11 Å². The van der Waals surface area contributed by atoms with Gasteiger partial charge in [-0.05, 0) is 38.0 Å². The van der Waals surface area contributed by atoms with Gasteiger partial charge in [-0.25, -0.2) is 9.97 Å². The smallest absolute Gasteiger partial charge is 0.232 e. The third-order valence-corrected chi connectivity index (χ3v) is 6.24. The highest BCUT2D eigenvalue weighted by Gasteiger charge is 2.28. The van der Waals surface area contributed by atoms with Crippen LogP contribution in [0.15, 0.2) is 60.9 Å². The molecule has 1 aliphatic heterocycles. The van der Waals surface area contributed by atoms with Crippen LogP contribution in [0.1, 0.15) is 19.8 Å². The van der Waals surface area contributed by atoms with E-state index in [2.05, 4.69) is 9.88 Å². The van der Waals surface area contributed by atoms with Gasteiger partial charge in [-0.1, -0.05) is 41.9 Å². The van der Waals surface area contributed by atoms with Crippen molar-refractivity contribution in [1.29, 1.82) is 0 Å². The van der Waals surface area contributed by atoms with Crippen molar-refractivity contribution in [2.24, 2.45) is 0 Å². The Labute approximate surface area is 191 Å². The maximum atomic E-state index is 10.3. The first-order chi connectivity index (χ1) is 15.4. The molecule has 0 radical (unpaired) electrons. The lowest BCUT2D eigenvalue weighted by Gasteiger charge is -2.36. The molecule has 1 aromatic carbocycles. The average Bonchev–Trinajstić information content (AvgIpc) is 3.18. The first kappa shape index (κ1) is 20.7. The van der Waals surface area contributed by atoms with Crippen LogP contribution in [0.4, 0.5) is 17.6 Å². The molecule has 1 N–H and O–H groups in total. The van der Waals surface area contributed by atoms with E-state index in [9.17, 15) is 5.11 Å². The fourth-order valence-corrected chi connectivity index (χ4v) is 4.27. The third kappa shape index (κ3) is 3.89. The summed E-state index contributed by atoms with van der Waals surface area (Å²) >= 11 is 6.32. The lowest BCUT2D eigenvalue weighted by Crippen LogP contribution is -2.42. The van der Waals surface area contributed by atoms with E-state index in [4.69, 9.17) is 21.6 Å². The van der Waals surface area contributed by atoms with Crippen LogP contribution in [0.3, 0.4) is 0 Å². The number of nitrogens with zero attached hydrogens (tertiary/aromatic N) is 6. The van der Waals surface area contributed by atoms with Crippen molar-refractivity contribution in [2.45, 2.75) is 25.4 Å². The van der Waals surface area contributed by atoms with Crippen LogP contribution in [0.2, 0.25) is 5.02 Å². The molecule has 7 nitrogen and oxygen atoms in total. The van der Waals surface area contributed by atoms with E-state index in [1.54, 1.807) is 6.20 Å². The molecule has 4 heterocycles. The highest BCUT2D eigenvalue weighted by molar-refractivity contribution is 6.30. The Morgan fingerprint density at radius 2 is 1.78 bits per heavy atom. The number of pyridine rings is 1. The second-order valence-electron chi connectivity index (χ2n) is 8.48. The molecular formula is C24H25ClN6O. The highest BCUT2D eigenvalue weighted by atomic mass is 35.5. The molecule has 0 amide bonds. The molecule has 164 valence electrons. The Hall–Kier alpha value is -3.16. The van der Waals surface area contributed by atoms with Crippen molar-refractivity contribution in [2.75, 3.05) is 29.9 Å². The standard InChI is InChI=1S/C24H25ClN6O/c1-24(32)11-14-30(15-12-24)19-10-13-26-23(28-19)29(2)22-21(17-6-4-3-5-7-17)27-20-9-8-18(25)16-31(20)22/h3-10,13,16,32H,11-12,14-15H2,1-2H3. The largest absolute Gasteiger partial charge is 0.390 e. The monoisotopic (exact) mass is 448 g/mol. The fraction of sp³-hybridized carbons (Fsp3) is 0.292. The number of fused-ring (bicyclic) bond motifs is 1. The summed E-state index contributed by atoms with van der Waals surface area (Å²) in [5, 5.41) is 10.9. The van der Waals surface area contributed by atoms with Gasteiger partial charge in [-0.15, -0.1) is 0 Å². The van der Waals surface area contributed by atoms with E-state index >= 15 is 0 Å². The maximum Gasteiger partial charge on any atom is 0.232 e. The van der Waals surface area contributed by atoms with Gasteiger partial charge in [0, 0.05) is 38.1 Å². The molecule has 1 aliphatic rings. The Balaban J connectivity index is 1.57. The molecule has 0 atom stereocenters. The molecular weight excluding hydrogens is 424 g/mol. The summed E-state index contributed by atoms with van der Waals surface area (Å²) in [6.45, 7) is 3.41. The molecule has 32 heavy (non-hydrogen) atoms. The number of aromatic nitrogens is 4. The molecule has 4 aromatic rings. The SMILES string of the molecule is CN(c1nccc(N2CCC(C)(O)CC2)n1)c1c(-c2ccccc2)nc2ccc(Cl)cn12. The molecule has 0 unspecified atom stereocenters. The zero-order chi connectivity index (χ0) is 22.3. The van der Waals surface area contributed by atoms with E-state index in [0.717, 1.165) is 41.6 Å². The molecule has 5 rings (SSSR count). The van der Waals surface area contributed by atoms with Gasteiger partial charge in [0.1, 0.15) is 23.0 Å². The number of hydrogen-bond donors (Lipinski definition) is 1. The lowest BCUT2D eigenvalue weighted by atomic mass is 9.94. The number of halogens is 1. The second kappa shape index (κ2) is 8.07. The zero-order valence-corrected chi connectivity index (χ0v) is 18.9. The number of rotatable bonds is 4. The first-order valence-electron chi connectivity index (χ1n) is 10.7. The molecule has 0 saturated carbocycles. The number of piperidine rings is 1. The number of hydrogen-bond acceptors (Lipinski definition) is 6. The molecule has 0 aliphatic carbocycles. The van der Waals surface area contributed by atoms with Crippen molar-refractivity contribution in [3.8, 4) is 11.3 Å². The van der Waals surface area contributed by atoms with Gasteiger partial charge in [-0.3, -0.25) is 9.30 Å². The van der Waals surface area contributed by atoms with E-state index < -0.39 is 5.60 Å². The minimum absolute atomic E-state index is 0.568. The Morgan fingerprint density at radius 3 is 2.53 bits per heavy atom. The van der Waals surface area contributed by atoms with Gasteiger partial charge in [-0.2, -0.15) is 4.98 Å². The number of anilines is 3. The predicted molar refractivity (Wildman–Crippen MR) is 128 cm³/mol. The summed E-state index contributed by atoms with van der Waals surface area (Å²) in [6.07, 6.45) is 5.07. The normalized spacial score (nSPS) is 15.8. The number of imidazole rings is 1. The second-order valence-corrected chi connectivity index (χ2v) is 8.92. The van der Waals surface area contributed by atoms with Gasteiger partial charge in [0.05, 0.1) is 10.6 Å². The average molecular weight is 449 g/mol. The molecule has 1 saturated heterocycles. The van der Waals surface area contributed by atoms with Crippen molar-refractivity contribution in [3.63, 3.8) is 0 Å². The molecule has 8 heteroatoms. The van der Waals surface area contributed by atoms with E-state index in [1.165, 1.54) is 0 Å². The summed E-state index contributed by atoms with van der Waals surface area (Å²) < 4.78 is 1.97. The van der Waals surface area contributed by atoms with E-state index in [1.807, 2.05) is 78.0 Å². The van der Waals surface area contributed by atoms with Gasteiger partial charge < -0.3 is 10.0 Å². The van der Waals surface area contributed by atoms with Crippen LogP contribution in [0.5, 0.6) is 0 Å². The van der Waals surface area contributed by atoms with Crippen LogP contribution >= 0.6 is 11.6 Å². The minimum Gasteiger partial charge on any atom is -0.390 e. The van der Waals surface area contributed by atoms with Crippen molar-refractivity contribution in [1.82, 2.24) is 19.4 Å². The fourth-order valence-electron chi connectivity index (χ4n) is 4.11. The first-order valence-corrected chi connectivity index (χ1v) is 11.1. The number of aliphatic hydroxyl groups is 1. The lowest BCUT2D eigenvalue weighted by molar-refractivity contribution is 0.0350. The Bertz CT molecular complexity index is 1250. The van der Waals surface area contributed by atoms with Crippen LogP contribution in [-0.2, 0) is 0 Å². The van der Waals surface area contributed by atoms with E-state index in [-0.39, 0.29) is 0 Å². The van der Waals surface area contributed by atoms with Crippen LogP contribution < -0.4 is 9.80 Å². The maximum absolute atomic E-state index is 10.3. The summed E-state index contributed by atoms with van der Waals surface area (Å²) in [6, 6.07) is 15.7. The van der Waals surface area contributed by atoms with Crippen LogP contribution in [0, 0.1) is 0 Å². The van der Waals surface area contributed by atoms with Crippen molar-refractivity contribution in [3.05, 3.63) is 65.9 Å². The molecule has 0 bridgehead atoms. The summed E-state index contributed by atoms with van der Waals surface area (Å²) in [5.41, 5.74) is 2.02. The quantitative estimate of drug-likeness (QED) is 0.493.